The maximum atomic E-state index is 10.4. The van der Waals surface area contributed by atoms with Gasteiger partial charge in [-0.15, -0.1) is 5.73 Å². The van der Waals surface area contributed by atoms with Crippen LogP contribution in [0, 0.1) is 5.92 Å². The Kier molecular flexibility index (Phi) is 17.2. The fourth-order valence-electron chi connectivity index (χ4n) is 7.51. The molecule has 0 heterocycles. The molecular formula is C42H59ClF3N. The van der Waals surface area contributed by atoms with E-state index in [1.807, 2.05) is 18.2 Å². The molecule has 5 heteroatoms. The van der Waals surface area contributed by atoms with Crippen molar-refractivity contribution in [2.75, 3.05) is 5.32 Å². The van der Waals surface area contributed by atoms with E-state index < -0.39 is 6.18 Å². The van der Waals surface area contributed by atoms with E-state index in [0.717, 1.165) is 23.0 Å². The highest BCUT2D eigenvalue weighted by Crippen LogP contribution is 2.52. The lowest BCUT2D eigenvalue weighted by molar-refractivity contribution is -0.110. The molecule has 0 aromatic heterocycles. The minimum absolute atomic E-state index is 0.188. The minimum atomic E-state index is -4.00. The van der Waals surface area contributed by atoms with Crippen LogP contribution in [-0.2, 0) is 11.8 Å². The molecule has 1 nitrogen and oxygen atoms in total. The molecule has 0 amide bonds. The molecule has 2 aromatic rings. The van der Waals surface area contributed by atoms with E-state index in [0.29, 0.717) is 5.41 Å². The number of alkyl halides is 3. The molecule has 1 N–H and O–H groups in total. The zero-order valence-electron chi connectivity index (χ0n) is 29.7. The summed E-state index contributed by atoms with van der Waals surface area (Å²) in [5.74, 6) is 0.835. The van der Waals surface area contributed by atoms with Gasteiger partial charge >= 0.3 is 6.18 Å². The average molecular weight is 670 g/mol. The summed E-state index contributed by atoms with van der Waals surface area (Å²) in [6.07, 6.45) is 18.9. The Morgan fingerprint density at radius 1 is 1.00 bits per heavy atom. The van der Waals surface area contributed by atoms with Gasteiger partial charge in [0.15, 0.2) is 0 Å². The number of benzene rings is 2. The van der Waals surface area contributed by atoms with Crippen molar-refractivity contribution in [1.29, 1.82) is 0 Å². The van der Waals surface area contributed by atoms with Gasteiger partial charge < -0.3 is 5.32 Å². The van der Waals surface area contributed by atoms with Crippen LogP contribution in [0.4, 0.5) is 18.9 Å². The van der Waals surface area contributed by atoms with Crippen LogP contribution < -0.4 is 5.32 Å². The predicted octanol–water partition coefficient (Wildman–Crippen LogP) is 14.1. The zero-order valence-corrected chi connectivity index (χ0v) is 30.4. The number of unbranched alkanes of at least 4 members (excludes halogenated alkanes) is 1. The van der Waals surface area contributed by atoms with Crippen molar-refractivity contribution < 1.29 is 13.2 Å². The van der Waals surface area contributed by atoms with E-state index in [1.165, 1.54) is 83.5 Å². The van der Waals surface area contributed by atoms with Crippen LogP contribution in [0.25, 0.3) is 0 Å². The van der Waals surface area contributed by atoms with Gasteiger partial charge in [0.1, 0.15) is 0 Å². The number of fused-ring (bicyclic) bond motifs is 2. The van der Waals surface area contributed by atoms with E-state index in [9.17, 15) is 13.2 Å². The molecule has 1 spiro atoms. The molecule has 0 aliphatic heterocycles. The fraction of sp³-hybridized carbons (Fsp3) is 0.548. The van der Waals surface area contributed by atoms with Gasteiger partial charge in [0, 0.05) is 23.2 Å². The highest BCUT2D eigenvalue weighted by molar-refractivity contribution is 6.30. The summed E-state index contributed by atoms with van der Waals surface area (Å²) < 4.78 is 31.1. The summed E-state index contributed by atoms with van der Waals surface area (Å²) in [6, 6.07) is 17.3. The number of rotatable bonds is 7. The first kappa shape index (κ1) is 40.5. The lowest BCUT2D eigenvalue weighted by Gasteiger charge is -2.46. The lowest BCUT2D eigenvalue weighted by atomic mass is 9.64. The smallest absolute Gasteiger partial charge is 0.380 e. The third-order valence-corrected chi connectivity index (χ3v) is 10.3. The highest BCUT2D eigenvalue weighted by Gasteiger charge is 2.45. The van der Waals surface area contributed by atoms with Crippen molar-refractivity contribution in [3.8, 4) is 0 Å². The quantitative estimate of drug-likeness (QED) is 0.289. The number of halogens is 4. The normalized spacial score (nSPS) is 24.4. The molecule has 1 atom stereocenters. The number of hydrogen-bond acceptors (Lipinski definition) is 1. The van der Waals surface area contributed by atoms with Crippen molar-refractivity contribution in [2.45, 2.75) is 142 Å². The van der Waals surface area contributed by atoms with Crippen molar-refractivity contribution in [2.24, 2.45) is 5.92 Å². The second-order valence-electron chi connectivity index (χ2n) is 13.5. The number of nitrogens with one attached hydrogen (secondary N) is 1. The number of hydrogen-bond donors (Lipinski definition) is 1. The summed E-state index contributed by atoms with van der Waals surface area (Å²) in [5, 5.41) is 4.64. The lowest BCUT2D eigenvalue weighted by Crippen LogP contribution is -2.45. The summed E-state index contributed by atoms with van der Waals surface area (Å²) in [6.45, 7) is 15.6. The Morgan fingerprint density at radius 2 is 1.66 bits per heavy atom. The zero-order chi connectivity index (χ0) is 34.9. The molecular weight excluding hydrogens is 611 g/mol. The summed E-state index contributed by atoms with van der Waals surface area (Å²) >= 11 is 6.17. The Morgan fingerprint density at radius 3 is 2.23 bits per heavy atom. The molecule has 3 aliphatic carbocycles. The van der Waals surface area contributed by atoms with Crippen LogP contribution in [0.15, 0.2) is 90.7 Å². The number of allylic oxidation sites excluding steroid dienone is 4. The van der Waals surface area contributed by atoms with Gasteiger partial charge in [-0.05, 0) is 130 Å². The SMILES string of the molecule is C/C=C\C(CCCC)=C1\CCCCC1C.C=C=C.CC(F)(F)F.CCC1(Nc2cccc(Cl)c2)CCC2(CCc3ccccc32)CC1. The molecule has 2 saturated carbocycles. The molecule has 5 rings (SSSR count). The second-order valence-corrected chi connectivity index (χ2v) is 14.0. The fourth-order valence-corrected chi connectivity index (χ4v) is 7.70. The monoisotopic (exact) mass is 669 g/mol. The van der Waals surface area contributed by atoms with Crippen LogP contribution in [0.5, 0.6) is 0 Å². The summed E-state index contributed by atoms with van der Waals surface area (Å²) in [5.41, 5.74) is 10.7. The molecule has 47 heavy (non-hydrogen) atoms. The largest absolute Gasteiger partial charge is 0.386 e. The Bertz CT molecular complexity index is 1300. The van der Waals surface area contributed by atoms with E-state index in [2.05, 4.69) is 94.4 Å². The second kappa shape index (κ2) is 20.0. The molecule has 0 radical (unpaired) electrons. The van der Waals surface area contributed by atoms with Crippen LogP contribution in [-0.4, -0.2) is 11.7 Å². The van der Waals surface area contributed by atoms with Crippen molar-refractivity contribution in [1.82, 2.24) is 0 Å². The van der Waals surface area contributed by atoms with Gasteiger partial charge in [0.2, 0.25) is 0 Å². The maximum absolute atomic E-state index is 10.4. The highest BCUT2D eigenvalue weighted by atomic mass is 35.5. The first-order valence-corrected chi connectivity index (χ1v) is 18.1. The van der Waals surface area contributed by atoms with E-state index >= 15 is 0 Å². The topological polar surface area (TPSA) is 12.0 Å². The van der Waals surface area contributed by atoms with E-state index in [1.54, 1.807) is 22.3 Å². The average Bonchev–Trinajstić information content (AvgIpc) is 3.39. The van der Waals surface area contributed by atoms with Gasteiger partial charge in [-0.1, -0.05) is 106 Å². The van der Waals surface area contributed by atoms with Crippen LogP contribution >= 0.6 is 11.6 Å². The maximum Gasteiger partial charge on any atom is 0.386 e. The third-order valence-electron chi connectivity index (χ3n) is 10.0. The Balaban J connectivity index is 0.000000285. The van der Waals surface area contributed by atoms with Crippen LogP contribution in [0.3, 0.4) is 0 Å². The van der Waals surface area contributed by atoms with E-state index in [-0.39, 0.29) is 12.5 Å². The first-order chi connectivity index (χ1) is 22.4. The van der Waals surface area contributed by atoms with Crippen molar-refractivity contribution >= 4 is 17.3 Å². The van der Waals surface area contributed by atoms with Gasteiger partial charge in [-0.3, -0.25) is 0 Å². The molecule has 2 fully saturated rings. The molecule has 0 bridgehead atoms. The summed E-state index contributed by atoms with van der Waals surface area (Å²) in [7, 11) is 0. The van der Waals surface area contributed by atoms with Gasteiger partial charge in [0.25, 0.3) is 0 Å². The predicted molar refractivity (Wildman–Crippen MR) is 198 cm³/mol. The van der Waals surface area contributed by atoms with Crippen LogP contribution in [0.1, 0.15) is 129 Å². The minimum Gasteiger partial charge on any atom is -0.380 e. The molecule has 2 aromatic carbocycles. The number of aryl methyl sites for hydroxylation is 1. The standard InChI is InChI=1S/C22H26ClN.C15H26.C3H4.C2H3F3/c1-2-22(24-19-8-5-7-18(23)16-19)14-12-21(13-15-22)11-10-17-6-3-4-9-20(17)21;1-4-6-11-14(9-5-2)15-12-8-7-10-13(15)3;1-3-2;1-2(3,4)5/h3-9,16,24H,2,10-15H2,1H3;5,9,13H,4,6-8,10-12H2,1-3H3;1-2H2;1H3/b;9-5-,15-14+;;. The van der Waals surface area contributed by atoms with Crippen molar-refractivity contribution in [3.05, 3.63) is 107 Å². The number of anilines is 1. The molecule has 0 saturated heterocycles. The van der Waals surface area contributed by atoms with Crippen molar-refractivity contribution in [3.63, 3.8) is 0 Å². The first-order valence-electron chi connectivity index (χ1n) is 17.7. The van der Waals surface area contributed by atoms with Crippen LogP contribution in [0.2, 0.25) is 5.02 Å². The third kappa shape index (κ3) is 13.4. The van der Waals surface area contributed by atoms with Gasteiger partial charge in [-0.25, -0.2) is 0 Å². The molecule has 1 unspecified atom stereocenters. The van der Waals surface area contributed by atoms with Gasteiger partial charge in [0.05, 0.1) is 0 Å². The molecule has 260 valence electrons. The summed E-state index contributed by atoms with van der Waals surface area (Å²) in [4.78, 5) is 0. The Hall–Kier alpha value is -2.68. The molecule has 3 aliphatic rings. The van der Waals surface area contributed by atoms with Gasteiger partial charge in [-0.2, -0.15) is 13.2 Å². The van der Waals surface area contributed by atoms with E-state index in [4.69, 9.17) is 11.6 Å². The Labute approximate surface area is 289 Å².